The SMILES string of the molecule is COc1ccc(N/C=C(/CN2CCC(c3cccc(O)c3)CC2)N=N)nc1. The molecule has 0 atom stereocenters. The van der Waals surface area contributed by atoms with Crippen molar-refractivity contribution in [3.63, 3.8) is 0 Å². The van der Waals surface area contributed by atoms with Crippen LogP contribution in [0.4, 0.5) is 5.82 Å². The number of hydrogen-bond acceptors (Lipinski definition) is 7. The van der Waals surface area contributed by atoms with Gasteiger partial charge in [0.1, 0.15) is 17.3 Å². The minimum absolute atomic E-state index is 0.325. The van der Waals surface area contributed by atoms with Gasteiger partial charge in [0.2, 0.25) is 0 Å². The largest absolute Gasteiger partial charge is 0.508 e. The Morgan fingerprint density at radius 1 is 1.37 bits per heavy atom. The van der Waals surface area contributed by atoms with Crippen LogP contribution in [0.15, 0.2) is 59.6 Å². The molecule has 3 N–H and O–H groups in total. The molecule has 0 bridgehead atoms. The minimum atomic E-state index is 0.325. The van der Waals surface area contributed by atoms with E-state index in [2.05, 4.69) is 26.4 Å². The van der Waals surface area contributed by atoms with E-state index < -0.39 is 0 Å². The van der Waals surface area contributed by atoms with E-state index in [4.69, 9.17) is 10.3 Å². The average molecular weight is 367 g/mol. The summed E-state index contributed by atoms with van der Waals surface area (Å²) in [5, 5.41) is 16.4. The van der Waals surface area contributed by atoms with Gasteiger partial charge in [-0.15, -0.1) is 0 Å². The van der Waals surface area contributed by atoms with Gasteiger partial charge in [-0.1, -0.05) is 12.1 Å². The lowest BCUT2D eigenvalue weighted by molar-refractivity contribution is 0.227. The standard InChI is InChI=1S/C20H25N5O2/c1-27-19-5-6-20(23-13-19)22-12-17(24-21)14-25-9-7-15(8-10-25)16-3-2-4-18(26)11-16/h2-6,11-13,15,21,26H,7-10,14H2,1H3,(H,22,23)/b17-12-,24-21?. The molecule has 1 aromatic carbocycles. The Bertz CT molecular complexity index is 783. The van der Waals surface area contributed by atoms with Crippen molar-refractivity contribution in [2.75, 3.05) is 32.1 Å². The lowest BCUT2D eigenvalue weighted by atomic mass is 9.89. The molecule has 0 saturated carbocycles. The molecule has 27 heavy (non-hydrogen) atoms. The lowest BCUT2D eigenvalue weighted by Gasteiger charge is -2.32. The molecule has 1 aromatic heterocycles. The second-order valence-corrected chi connectivity index (χ2v) is 6.62. The monoisotopic (exact) mass is 367 g/mol. The average Bonchev–Trinajstić information content (AvgIpc) is 2.72. The number of piperidine rings is 1. The molecule has 3 rings (SSSR count). The van der Waals surface area contributed by atoms with Gasteiger partial charge in [-0.2, -0.15) is 5.11 Å². The summed E-state index contributed by atoms with van der Waals surface area (Å²) in [5.74, 6) is 2.17. The van der Waals surface area contributed by atoms with E-state index in [1.54, 1.807) is 25.6 Å². The summed E-state index contributed by atoms with van der Waals surface area (Å²) in [6, 6.07) is 11.2. The highest BCUT2D eigenvalue weighted by atomic mass is 16.5. The van der Waals surface area contributed by atoms with Crippen LogP contribution >= 0.6 is 0 Å². The normalized spacial score (nSPS) is 16.1. The number of hydrogen-bond donors (Lipinski definition) is 3. The number of ether oxygens (including phenoxy) is 1. The molecule has 1 aliphatic heterocycles. The van der Waals surface area contributed by atoms with Gasteiger partial charge < -0.3 is 15.2 Å². The van der Waals surface area contributed by atoms with E-state index in [-0.39, 0.29) is 0 Å². The number of rotatable bonds is 7. The van der Waals surface area contributed by atoms with Crippen molar-refractivity contribution < 1.29 is 9.84 Å². The molecule has 2 heterocycles. The Kier molecular flexibility index (Phi) is 6.38. The Labute approximate surface area is 159 Å². The fourth-order valence-corrected chi connectivity index (χ4v) is 3.29. The Morgan fingerprint density at radius 3 is 2.81 bits per heavy atom. The first kappa shape index (κ1) is 18.8. The van der Waals surface area contributed by atoms with Gasteiger partial charge in [-0.05, 0) is 61.7 Å². The third-order valence-corrected chi connectivity index (χ3v) is 4.82. The molecule has 0 aliphatic carbocycles. The van der Waals surface area contributed by atoms with Gasteiger partial charge in [0, 0.05) is 12.7 Å². The van der Waals surface area contributed by atoms with Crippen LogP contribution in [0, 0.1) is 5.53 Å². The first-order chi connectivity index (χ1) is 13.2. The summed E-state index contributed by atoms with van der Waals surface area (Å²) < 4.78 is 5.09. The Hall–Kier alpha value is -2.93. The van der Waals surface area contributed by atoms with Crippen molar-refractivity contribution in [2.45, 2.75) is 18.8 Å². The van der Waals surface area contributed by atoms with Crippen molar-refractivity contribution >= 4 is 5.82 Å². The molecule has 1 fully saturated rings. The number of aromatic hydroxyl groups is 1. The molecule has 0 radical (unpaired) electrons. The van der Waals surface area contributed by atoms with Gasteiger partial charge in [0.15, 0.2) is 0 Å². The Balaban J connectivity index is 1.52. The molecule has 1 aliphatic rings. The number of aromatic nitrogens is 1. The second kappa shape index (κ2) is 9.14. The third kappa shape index (κ3) is 5.27. The van der Waals surface area contributed by atoms with E-state index in [0.29, 0.717) is 35.5 Å². The summed E-state index contributed by atoms with van der Waals surface area (Å²) in [6.45, 7) is 2.50. The summed E-state index contributed by atoms with van der Waals surface area (Å²) >= 11 is 0. The van der Waals surface area contributed by atoms with Gasteiger partial charge in [0.05, 0.1) is 19.0 Å². The predicted molar refractivity (Wildman–Crippen MR) is 104 cm³/mol. The maximum atomic E-state index is 9.66. The number of anilines is 1. The number of pyridine rings is 1. The summed E-state index contributed by atoms with van der Waals surface area (Å²) in [4.78, 5) is 6.53. The van der Waals surface area contributed by atoms with E-state index in [1.165, 1.54) is 5.56 Å². The number of likely N-dealkylation sites (tertiary alicyclic amines) is 1. The van der Waals surface area contributed by atoms with Crippen LogP contribution in [-0.2, 0) is 0 Å². The second-order valence-electron chi connectivity index (χ2n) is 6.62. The van der Waals surface area contributed by atoms with E-state index in [1.807, 2.05) is 24.3 Å². The van der Waals surface area contributed by atoms with Crippen molar-refractivity contribution in [3.05, 3.63) is 60.1 Å². The maximum absolute atomic E-state index is 9.66. The van der Waals surface area contributed by atoms with Crippen LogP contribution in [0.25, 0.3) is 0 Å². The van der Waals surface area contributed by atoms with Crippen LogP contribution in [0.5, 0.6) is 11.5 Å². The van der Waals surface area contributed by atoms with E-state index >= 15 is 0 Å². The van der Waals surface area contributed by atoms with Crippen molar-refractivity contribution in [1.82, 2.24) is 9.88 Å². The molecule has 0 unspecified atom stereocenters. The number of nitrogens with one attached hydrogen (secondary N) is 2. The fraction of sp³-hybridized carbons (Fsp3) is 0.350. The molecule has 1 saturated heterocycles. The highest BCUT2D eigenvalue weighted by Gasteiger charge is 2.21. The predicted octanol–water partition coefficient (Wildman–Crippen LogP) is 3.96. The number of phenols is 1. The van der Waals surface area contributed by atoms with Crippen LogP contribution in [0.3, 0.4) is 0 Å². The number of methoxy groups -OCH3 is 1. The summed E-state index contributed by atoms with van der Waals surface area (Å²) in [6.07, 6.45) is 5.42. The number of phenolic OH excluding ortho intramolecular Hbond substituents is 1. The van der Waals surface area contributed by atoms with E-state index in [9.17, 15) is 5.11 Å². The molecule has 0 amide bonds. The van der Waals surface area contributed by atoms with Gasteiger partial charge >= 0.3 is 0 Å². The zero-order valence-electron chi connectivity index (χ0n) is 15.4. The first-order valence-electron chi connectivity index (χ1n) is 9.02. The molecule has 0 spiro atoms. The van der Waals surface area contributed by atoms with Gasteiger partial charge in [-0.3, -0.25) is 4.90 Å². The molecule has 2 aromatic rings. The quantitative estimate of drug-likeness (QED) is 0.644. The number of benzene rings is 1. The van der Waals surface area contributed by atoms with Crippen LogP contribution in [0.1, 0.15) is 24.3 Å². The topological polar surface area (TPSA) is 93.8 Å². The summed E-state index contributed by atoms with van der Waals surface area (Å²) in [7, 11) is 1.60. The lowest BCUT2D eigenvalue weighted by Crippen LogP contribution is -2.34. The maximum Gasteiger partial charge on any atom is 0.137 e. The third-order valence-electron chi connectivity index (χ3n) is 4.82. The molecular formula is C20H25N5O2. The highest BCUT2D eigenvalue weighted by Crippen LogP contribution is 2.30. The minimum Gasteiger partial charge on any atom is -0.508 e. The molecule has 142 valence electrons. The fourth-order valence-electron chi connectivity index (χ4n) is 3.29. The smallest absolute Gasteiger partial charge is 0.137 e. The number of nitrogens with zero attached hydrogens (tertiary/aromatic N) is 3. The van der Waals surface area contributed by atoms with Crippen LogP contribution in [0.2, 0.25) is 0 Å². The van der Waals surface area contributed by atoms with Gasteiger partial charge in [0.25, 0.3) is 0 Å². The zero-order chi connectivity index (χ0) is 19.1. The highest BCUT2D eigenvalue weighted by molar-refractivity contribution is 5.40. The van der Waals surface area contributed by atoms with Crippen molar-refractivity contribution in [2.24, 2.45) is 5.11 Å². The van der Waals surface area contributed by atoms with Crippen molar-refractivity contribution in [3.8, 4) is 11.5 Å². The Morgan fingerprint density at radius 2 is 2.19 bits per heavy atom. The first-order valence-corrected chi connectivity index (χ1v) is 9.02. The summed E-state index contributed by atoms with van der Waals surface area (Å²) in [5.41, 5.74) is 9.28. The van der Waals surface area contributed by atoms with E-state index in [0.717, 1.165) is 25.9 Å². The molecule has 7 nitrogen and oxygen atoms in total. The van der Waals surface area contributed by atoms with Gasteiger partial charge in [-0.25, -0.2) is 10.5 Å². The van der Waals surface area contributed by atoms with Crippen LogP contribution < -0.4 is 10.1 Å². The molecule has 7 heteroatoms. The van der Waals surface area contributed by atoms with Crippen molar-refractivity contribution in [1.29, 1.82) is 5.53 Å². The molecular weight excluding hydrogens is 342 g/mol. The van der Waals surface area contributed by atoms with Crippen LogP contribution in [-0.4, -0.2) is 41.7 Å². The zero-order valence-corrected chi connectivity index (χ0v) is 15.4.